The zero-order valence-electron chi connectivity index (χ0n) is 37.5. The van der Waals surface area contributed by atoms with Crippen molar-refractivity contribution in [2.45, 2.75) is 104 Å². The van der Waals surface area contributed by atoms with Crippen LogP contribution in [0.5, 0.6) is 0 Å². The number of nitrogens with one attached hydrogen (secondary N) is 3. The number of amides is 1. The van der Waals surface area contributed by atoms with Gasteiger partial charge in [-0.2, -0.15) is 13.2 Å². The van der Waals surface area contributed by atoms with Crippen molar-refractivity contribution in [1.82, 2.24) is 19.8 Å². The second-order valence-corrected chi connectivity index (χ2v) is 24.5. The molecular formula is C47H59F5N6O5S3. The van der Waals surface area contributed by atoms with Crippen LogP contribution in [-0.4, -0.2) is 115 Å². The van der Waals surface area contributed by atoms with Crippen molar-refractivity contribution in [3.8, 4) is 0 Å². The summed E-state index contributed by atoms with van der Waals surface area (Å²) in [6.45, 7) is 13.0. The number of thioether (sulfide) groups is 1. The van der Waals surface area contributed by atoms with Crippen molar-refractivity contribution in [1.29, 1.82) is 0 Å². The van der Waals surface area contributed by atoms with Gasteiger partial charge in [0.1, 0.15) is 4.90 Å². The van der Waals surface area contributed by atoms with Crippen LogP contribution < -0.4 is 20.3 Å². The molecule has 2 atom stereocenters. The molecule has 3 aromatic carbocycles. The van der Waals surface area contributed by atoms with Crippen LogP contribution in [0, 0.1) is 16.2 Å². The fraction of sp³-hybridized carbons (Fsp3) is 0.553. The number of benzene rings is 3. The van der Waals surface area contributed by atoms with E-state index in [-0.39, 0.29) is 21.8 Å². The van der Waals surface area contributed by atoms with Gasteiger partial charge in [0.2, 0.25) is 6.43 Å². The van der Waals surface area contributed by atoms with Crippen LogP contribution in [0.3, 0.4) is 0 Å². The van der Waals surface area contributed by atoms with E-state index in [9.17, 15) is 43.6 Å². The van der Waals surface area contributed by atoms with Crippen LogP contribution in [0.4, 0.5) is 33.3 Å². The van der Waals surface area contributed by atoms with Crippen molar-refractivity contribution in [2.75, 3.05) is 69.1 Å². The maximum Gasteiger partial charge on any atom is 0.501 e. The average Bonchev–Trinajstić information content (AvgIpc) is 3.23. The Bertz CT molecular complexity index is 2490. The first-order valence-corrected chi connectivity index (χ1v) is 26.5. The molecule has 19 heteroatoms. The number of allylic oxidation sites excluding steroid dienone is 1. The largest absolute Gasteiger partial charge is 0.501 e. The van der Waals surface area contributed by atoms with E-state index in [1.54, 1.807) is 30.8 Å². The summed E-state index contributed by atoms with van der Waals surface area (Å²) in [5.74, 6) is -1.04. The zero-order valence-corrected chi connectivity index (χ0v) is 39.9. The number of hydrogen-bond acceptors (Lipinski definition) is 11. The summed E-state index contributed by atoms with van der Waals surface area (Å²) < 4.78 is 125. The van der Waals surface area contributed by atoms with Gasteiger partial charge >= 0.3 is 5.51 Å². The number of nitrogens with zero attached hydrogens (tertiary/aromatic N) is 3. The van der Waals surface area contributed by atoms with E-state index < -0.39 is 64.6 Å². The molecule has 3 saturated carbocycles. The summed E-state index contributed by atoms with van der Waals surface area (Å²) in [6.07, 6.45) is 2.97. The lowest BCUT2D eigenvalue weighted by molar-refractivity contribution is -0.250. The van der Waals surface area contributed by atoms with Gasteiger partial charge in [-0.15, -0.1) is 11.8 Å². The molecule has 4 aliphatic carbocycles. The Balaban J connectivity index is 0.907. The standard InChI is InChI=1S/C47H59F5N6O5S3/c1-32(25-41(58-19-17-53-18-20-58)64-36-7-5-4-6-8-36)54-39-14-13-37(26-40(39)65(60,61)47(50,51)52)66(62,63)55-42(59)33-9-11-35(12-10-33)57-23-21-56(22-24-57)28-34-15-16-44(2,3)27-38(34)45-29-46(30-45,31-45)43(48)49/h4-14,26,32,41,43,53-54H,15-25,27-31H2,1-3H3,(H,55,59)/t32-,41+,45?,46?/m1/s1. The molecule has 2 bridgehead atoms. The fourth-order valence-corrected chi connectivity index (χ4v) is 14.0. The number of hydrogen-bond donors (Lipinski definition) is 3. The number of sulfone groups is 1. The van der Waals surface area contributed by atoms with Crippen molar-refractivity contribution >= 4 is 48.9 Å². The first-order chi connectivity index (χ1) is 31.1. The molecule has 0 aromatic heterocycles. The Labute approximate surface area is 389 Å². The van der Waals surface area contributed by atoms with E-state index in [1.165, 1.54) is 23.3 Å². The lowest BCUT2D eigenvalue weighted by atomic mass is 9.32. The number of carbonyl (C=O) groups is 1. The summed E-state index contributed by atoms with van der Waals surface area (Å²) in [5, 5.41) is 6.11. The number of piperazine rings is 2. The van der Waals surface area contributed by atoms with Crippen molar-refractivity contribution in [2.24, 2.45) is 16.2 Å². The van der Waals surface area contributed by atoms with Gasteiger partial charge in [0.15, 0.2) is 0 Å². The highest BCUT2D eigenvalue weighted by Gasteiger charge is 2.73. The van der Waals surface area contributed by atoms with Crippen LogP contribution in [0.25, 0.3) is 0 Å². The Morgan fingerprint density at radius 2 is 1.53 bits per heavy atom. The van der Waals surface area contributed by atoms with Crippen LogP contribution in [0.15, 0.2) is 98.6 Å². The number of rotatable bonds is 16. The predicted molar refractivity (Wildman–Crippen MR) is 247 cm³/mol. The number of sulfonamides is 1. The Kier molecular flexibility index (Phi) is 13.7. The predicted octanol–water partition coefficient (Wildman–Crippen LogP) is 8.38. The number of halogens is 5. The first kappa shape index (κ1) is 48.7. The topological polar surface area (TPSA) is 131 Å². The van der Waals surface area contributed by atoms with Crippen molar-refractivity contribution < 1.29 is 43.6 Å². The highest BCUT2D eigenvalue weighted by Crippen LogP contribution is 2.79. The molecule has 0 spiro atoms. The monoisotopic (exact) mass is 978 g/mol. The van der Waals surface area contributed by atoms with Gasteiger partial charge in [-0.05, 0) is 117 Å². The van der Waals surface area contributed by atoms with Crippen molar-refractivity contribution in [3.63, 3.8) is 0 Å². The molecular weight excluding hydrogens is 920 g/mol. The summed E-state index contributed by atoms with van der Waals surface area (Å²) in [6, 6.07) is 17.8. The lowest BCUT2D eigenvalue weighted by Crippen LogP contribution is -2.66. The van der Waals surface area contributed by atoms with Gasteiger partial charge in [0.25, 0.3) is 25.8 Å². The molecule has 0 unspecified atom stereocenters. The van der Waals surface area contributed by atoms with Gasteiger partial charge in [-0.3, -0.25) is 14.6 Å². The molecule has 6 aliphatic rings. The molecule has 5 fully saturated rings. The van der Waals surface area contributed by atoms with E-state index in [0.29, 0.717) is 44.8 Å². The fourth-order valence-electron chi connectivity index (χ4n) is 10.6. The summed E-state index contributed by atoms with van der Waals surface area (Å²) in [4.78, 5) is 19.0. The van der Waals surface area contributed by atoms with Crippen molar-refractivity contribution in [3.05, 3.63) is 89.5 Å². The minimum Gasteiger partial charge on any atom is -0.381 e. The zero-order chi connectivity index (χ0) is 47.3. The minimum atomic E-state index is -6.05. The van der Waals surface area contributed by atoms with E-state index >= 15 is 0 Å². The smallest absolute Gasteiger partial charge is 0.381 e. The molecule has 3 aromatic rings. The van der Waals surface area contributed by atoms with Crippen LogP contribution in [0.2, 0.25) is 0 Å². The van der Waals surface area contributed by atoms with E-state index in [0.717, 1.165) is 87.8 Å². The van der Waals surface area contributed by atoms with E-state index in [1.807, 2.05) is 35.1 Å². The van der Waals surface area contributed by atoms with Crippen LogP contribution >= 0.6 is 11.8 Å². The molecule has 1 amide bonds. The number of carbonyl (C=O) groups excluding carboxylic acids is 1. The summed E-state index contributed by atoms with van der Waals surface area (Å²) in [7, 11) is -10.9. The second kappa shape index (κ2) is 18.6. The van der Waals surface area contributed by atoms with Gasteiger partial charge in [0.05, 0.1) is 16.0 Å². The summed E-state index contributed by atoms with van der Waals surface area (Å²) >= 11 is 1.59. The molecule has 11 nitrogen and oxygen atoms in total. The Hall–Kier alpha value is -3.75. The van der Waals surface area contributed by atoms with E-state index in [2.05, 4.69) is 39.2 Å². The molecule has 3 N–H and O–H groups in total. The maximum atomic E-state index is 14.1. The third kappa shape index (κ3) is 10.2. The molecule has 2 saturated heterocycles. The maximum absolute atomic E-state index is 14.1. The highest BCUT2D eigenvalue weighted by atomic mass is 32.2. The SMILES string of the molecule is C[C@H](C[C@H](Sc1ccccc1)N1CCNCC1)Nc1ccc(S(=O)(=O)NC(=O)c2ccc(N3CCN(CC4=C(C56CC(C(F)F)(C5)C6)CC(C)(C)CC4)CC3)cc2)cc1S(=O)(=O)C(F)(F)F. The van der Waals surface area contributed by atoms with Gasteiger partial charge in [-0.25, -0.2) is 30.3 Å². The molecule has 66 heavy (non-hydrogen) atoms. The molecule has 9 rings (SSSR count). The number of anilines is 2. The van der Waals surface area contributed by atoms with Crippen LogP contribution in [-0.2, 0) is 19.9 Å². The normalized spacial score (nSPS) is 24.9. The molecule has 0 radical (unpaired) electrons. The lowest BCUT2D eigenvalue weighted by Gasteiger charge is -2.72. The van der Waals surface area contributed by atoms with Gasteiger partial charge in [0, 0.05) is 86.5 Å². The van der Waals surface area contributed by atoms with Gasteiger partial charge in [-0.1, -0.05) is 43.2 Å². The third-order valence-electron chi connectivity index (χ3n) is 14.3. The minimum absolute atomic E-state index is 0.0227. The van der Waals surface area contributed by atoms with Gasteiger partial charge < -0.3 is 15.5 Å². The van der Waals surface area contributed by atoms with E-state index in [4.69, 9.17) is 0 Å². The Morgan fingerprint density at radius 3 is 2.15 bits per heavy atom. The molecule has 360 valence electrons. The first-order valence-electron chi connectivity index (χ1n) is 22.6. The highest BCUT2D eigenvalue weighted by molar-refractivity contribution is 7.99. The molecule has 2 heterocycles. The summed E-state index contributed by atoms with van der Waals surface area (Å²) in [5.41, 5.74) is -3.19. The Morgan fingerprint density at radius 1 is 0.879 bits per heavy atom. The average molecular weight is 979 g/mol. The second-order valence-electron chi connectivity index (χ2n) is 19.7. The number of alkyl halides is 5. The quantitative estimate of drug-likeness (QED) is 0.0728. The van der Waals surface area contributed by atoms with Crippen LogP contribution in [0.1, 0.15) is 76.1 Å². The third-order valence-corrected chi connectivity index (χ3v) is 18.4. The molecule has 2 aliphatic heterocycles.